The molecule has 0 aliphatic rings. The minimum absolute atomic E-state index is 0.161. The molecule has 34 heavy (non-hydrogen) atoms. The first kappa shape index (κ1) is 24.1. The smallest absolute Gasteiger partial charge is 0.319 e. The second-order valence-corrected chi connectivity index (χ2v) is 9.57. The summed E-state index contributed by atoms with van der Waals surface area (Å²) >= 11 is 14.2. The van der Waals surface area contributed by atoms with Crippen molar-refractivity contribution in [2.75, 3.05) is 5.32 Å². The Morgan fingerprint density at radius 3 is 2.47 bits per heavy atom. The van der Waals surface area contributed by atoms with Gasteiger partial charge >= 0.3 is 6.03 Å². The molecule has 0 unspecified atom stereocenters. The van der Waals surface area contributed by atoms with Crippen molar-refractivity contribution in [1.29, 1.82) is 0 Å². The zero-order valence-electron chi connectivity index (χ0n) is 18.7. The number of aryl methyl sites for hydroxylation is 2. The SMILES string of the molecule is Cc1cccc(CSc2nnc(CNC(=O)Nc3cccc(C)c3)n2-c2ccc(Cl)cc2Cl)c1. The lowest BCUT2D eigenvalue weighted by Crippen LogP contribution is -2.29. The number of nitrogens with zero attached hydrogens (tertiary/aromatic N) is 3. The average Bonchev–Trinajstić information content (AvgIpc) is 3.19. The number of urea groups is 1. The van der Waals surface area contributed by atoms with E-state index in [1.165, 1.54) is 11.1 Å². The fourth-order valence-corrected chi connectivity index (χ4v) is 4.82. The third-order valence-electron chi connectivity index (χ3n) is 4.98. The number of nitrogens with one attached hydrogen (secondary N) is 2. The van der Waals surface area contributed by atoms with Gasteiger partial charge in [-0.15, -0.1) is 10.2 Å². The molecule has 1 heterocycles. The summed E-state index contributed by atoms with van der Waals surface area (Å²) in [6, 6.07) is 20.8. The van der Waals surface area contributed by atoms with Crippen molar-refractivity contribution in [2.45, 2.75) is 31.3 Å². The van der Waals surface area contributed by atoms with Crippen LogP contribution in [0.15, 0.2) is 71.9 Å². The van der Waals surface area contributed by atoms with Gasteiger partial charge in [-0.05, 0) is 55.3 Å². The van der Waals surface area contributed by atoms with Gasteiger partial charge in [0.15, 0.2) is 11.0 Å². The van der Waals surface area contributed by atoms with E-state index in [0.717, 1.165) is 5.56 Å². The molecule has 0 radical (unpaired) electrons. The van der Waals surface area contributed by atoms with E-state index in [2.05, 4.69) is 46.0 Å². The van der Waals surface area contributed by atoms with Crippen LogP contribution in [0.5, 0.6) is 0 Å². The minimum Gasteiger partial charge on any atom is -0.331 e. The van der Waals surface area contributed by atoms with Crippen molar-refractivity contribution in [2.24, 2.45) is 0 Å². The molecule has 0 spiro atoms. The fourth-order valence-electron chi connectivity index (χ4n) is 3.42. The maximum Gasteiger partial charge on any atom is 0.319 e. The number of hydrogen-bond acceptors (Lipinski definition) is 4. The number of carbonyl (C=O) groups excluding carboxylic acids is 1. The van der Waals surface area contributed by atoms with E-state index in [4.69, 9.17) is 23.2 Å². The van der Waals surface area contributed by atoms with E-state index in [0.29, 0.717) is 38.2 Å². The minimum atomic E-state index is -0.337. The second kappa shape index (κ2) is 11.0. The van der Waals surface area contributed by atoms with E-state index >= 15 is 0 Å². The number of hydrogen-bond donors (Lipinski definition) is 2. The molecule has 0 fully saturated rings. The molecule has 2 N–H and O–H groups in total. The van der Waals surface area contributed by atoms with Crippen LogP contribution in [0.25, 0.3) is 5.69 Å². The summed E-state index contributed by atoms with van der Waals surface area (Å²) in [6.07, 6.45) is 0. The van der Waals surface area contributed by atoms with Crippen LogP contribution < -0.4 is 10.6 Å². The number of carbonyl (C=O) groups is 1. The first-order chi connectivity index (χ1) is 16.4. The van der Waals surface area contributed by atoms with Gasteiger partial charge in [0.25, 0.3) is 0 Å². The summed E-state index contributed by atoms with van der Waals surface area (Å²) in [7, 11) is 0. The molecule has 0 bridgehead atoms. The van der Waals surface area contributed by atoms with Crippen LogP contribution in [0.4, 0.5) is 10.5 Å². The van der Waals surface area contributed by atoms with E-state index in [-0.39, 0.29) is 12.6 Å². The predicted molar refractivity (Wildman–Crippen MR) is 139 cm³/mol. The van der Waals surface area contributed by atoms with E-state index in [1.807, 2.05) is 47.9 Å². The third kappa shape index (κ3) is 6.11. The molecule has 0 aliphatic carbocycles. The lowest BCUT2D eigenvalue weighted by atomic mass is 10.2. The summed E-state index contributed by atoms with van der Waals surface area (Å²) < 4.78 is 1.85. The van der Waals surface area contributed by atoms with Gasteiger partial charge in [0.2, 0.25) is 0 Å². The quantitative estimate of drug-likeness (QED) is 0.267. The summed E-state index contributed by atoms with van der Waals surface area (Å²) in [4.78, 5) is 12.5. The lowest BCUT2D eigenvalue weighted by Gasteiger charge is -2.13. The van der Waals surface area contributed by atoms with Gasteiger partial charge in [-0.25, -0.2) is 4.79 Å². The fraction of sp³-hybridized carbons (Fsp3) is 0.160. The Morgan fingerprint density at radius 1 is 0.971 bits per heavy atom. The molecule has 4 aromatic rings. The summed E-state index contributed by atoms with van der Waals surface area (Å²) in [5.41, 5.74) is 4.85. The average molecular weight is 512 g/mol. The predicted octanol–water partition coefficient (Wildman–Crippen LogP) is 6.80. The van der Waals surface area contributed by atoms with Crippen LogP contribution in [0.1, 0.15) is 22.5 Å². The zero-order valence-corrected chi connectivity index (χ0v) is 21.0. The van der Waals surface area contributed by atoms with Gasteiger partial charge in [0, 0.05) is 16.5 Å². The molecule has 6 nitrogen and oxygen atoms in total. The first-order valence-corrected chi connectivity index (χ1v) is 12.3. The molecule has 1 aromatic heterocycles. The Hall–Kier alpha value is -3.00. The topological polar surface area (TPSA) is 71.8 Å². The third-order valence-corrected chi connectivity index (χ3v) is 6.52. The molecule has 9 heteroatoms. The highest BCUT2D eigenvalue weighted by Crippen LogP contribution is 2.30. The van der Waals surface area contributed by atoms with Gasteiger partial charge in [0.1, 0.15) is 0 Å². The van der Waals surface area contributed by atoms with Gasteiger partial charge in [0.05, 0.1) is 17.3 Å². The van der Waals surface area contributed by atoms with Crippen LogP contribution in [-0.4, -0.2) is 20.8 Å². The number of anilines is 1. The molecule has 4 rings (SSSR count). The summed E-state index contributed by atoms with van der Waals surface area (Å²) in [6.45, 7) is 4.20. The number of aromatic nitrogens is 3. The highest BCUT2D eigenvalue weighted by Gasteiger charge is 2.18. The summed E-state index contributed by atoms with van der Waals surface area (Å²) in [5.74, 6) is 1.27. The standard InChI is InChI=1S/C25H23Cl2N5OS/c1-16-5-3-7-18(11-16)15-34-25-31-30-23(32(25)22-10-9-19(26)13-21(22)27)14-28-24(33)29-20-8-4-6-17(2)12-20/h3-13H,14-15H2,1-2H3,(H2,28,29,33). The van der Waals surface area contributed by atoms with Crippen LogP contribution in [0.3, 0.4) is 0 Å². The Morgan fingerprint density at radius 2 is 1.74 bits per heavy atom. The van der Waals surface area contributed by atoms with Crippen LogP contribution in [0, 0.1) is 13.8 Å². The largest absolute Gasteiger partial charge is 0.331 e. The van der Waals surface area contributed by atoms with Crippen molar-refractivity contribution in [3.63, 3.8) is 0 Å². The van der Waals surface area contributed by atoms with Crippen LogP contribution in [-0.2, 0) is 12.3 Å². The molecule has 0 saturated heterocycles. The zero-order chi connectivity index (χ0) is 24.1. The number of rotatable bonds is 7. The van der Waals surface area contributed by atoms with Gasteiger partial charge in [-0.2, -0.15) is 0 Å². The van der Waals surface area contributed by atoms with Gasteiger partial charge < -0.3 is 10.6 Å². The number of benzene rings is 3. The highest BCUT2D eigenvalue weighted by molar-refractivity contribution is 7.98. The van der Waals surface area contributed by atoms with Crippen molar-refractivity contribution in [3.8, 4) is 5.69 Å². The van der Waals surface area contributed by atoms with E-state index < -0.39 is 0 Å². The van der Waals surface area contributed by atoms with Gasteiger partial charge in [-0.3, -0.25) is 4.57 Å². The van der Waals surface area contributed by atoms with Crippen molar-refractivity contribution >= 4 is 46.7 Å². The van der Waals surface area contributed by atoms with Crippen molar-refractivity contribution in [3.05, 3.63) is 99.3 Å². The molecule has 3 aromatic carbocycles. The van der Waals surface area contributed by atoms with Crippen LogP contribution >= 0.6 is 35.0 Å². The van der Waals surface area contributed by atoms with Gasteiger partial charge in [-0.1, -0.05) is 76.9 Å². The molecule has 174 valence electrons. The Bertz CT molecular complexity index is 1320. The Kier molecular flexibility index (Phi) is 7.77. The maximum atomic E-state index is 12.5. The van der Waals surface area contributed by atoms with Crippen molar-refractivity contribution in [1.82, 2.24) is 20.1 Å². The first-order valence-electron chi connectivity index (χ1n) is 10.6. The summed E-state index contributed by atoms with van der Waals surface area (Å²) in [5, 5.41) is 16.1. The maximum absolute atomic E-state index is 12.5. The normalized spacial score (nSPS) is 10.8. The second-order valence-electron chi connectivity index (χ2n) is 7.78. The molecule has 0 atom stereocenters. The van der Waals surface area contributed by atoms with Crippen LogP contribution in [0.2, 0.25) is 10.0 Å². The van der Waals surface area contributed by atoms with E-state index in [1.54, 1.807) is 23.9 Å². The Balaban J connectivity index is 1.55. The lowest BCUT2D eigenvalue weighted by molar-refractivity contribution is 0.251. The molecule has 0 saturated carbocycles. The number of halogens is 2. The van der Waals surface area contributed by atoms with E-state index in [9.17, 15) is 4.79 Å². The molecular weight excluding hydrogens is 489 g/mol. The number of amides is 2. The molecule has 0 aliphatic heterocycles. The monoisotopic (exact) mass is 511 g/mol. The number of thioether (sulfide) groups is 1. The molecule has 2 amide bonds. The molecular formula is C25H23Cl2N5OS. The van der Waals surface area contributed by atoms with Crippen molar-refractivity contribution < 1.29 is 4.79 Å². The Labute approximate surface area is 212 Å². The highest BCUT2D eigenvalue weighted by atomic mass is 35.5.